The van der Waals surface area contributed by atoms with Gasteiger partial charge >= 0.3 is 0 Å². The van der Waals surface area contributed by atoms with Gasteiger partial charge in [0.15, 0.2) is 0 Å². The number of sulfonamides is 1. The average Bonchev–Trinajstić information content (AvgIpc) is 3.35. The highest BCUT2D eigenvalue weighted by molar-refractivity contribution is 7.89. The van der Waals surface area contributed by atoms with Crippen LogP contribution in [0, 0.1) is 5.82 Å². The third kappa shape index (κ3) is 4.12. The lowest BCUT2D eigenvalue weighted by Gasteiger charge is -2.35. The lowest BCUT2D eigenvalue weighted by molar-refractivity contribution is 0.383. The molecule has 4 aromatic rings. The third-order valence-corrected chi connectivity index (χ3v) is 7.58. The van der Waals surface area contributed by atoms with Crippen molar-refractivity contribution in [3.05, 3.63) is 84.7 Å². The summed E-state index contributed by atoms with van der Waals surface area (Å²) in [6, 6.07) is 22.4. The van der Waals surface area contributed by atoms with Gasteiger partial charge in [-0.05, 0) is 24.3 Å². The SMILES string of the molecule is O=S(=O)(c1ccccc1-c1nc(-c2ccccc2)no1)N1CCN(c2ccccc2F)CC1. The number of piperazine rings is 1. The van der Waals surface area contributed by atoms with Crippen molar-refractivity contribution in [2.75, 3.05) is 31.1 Å². The second-order valence-corrected chi connectivity index (χ2v) is 9.53. The number of aromatic nitrogens is 2. The number of benzene rings is 3. The van der Waals surface area contributed by atoms with Crippen LogP contribution in [0.25, 0.3) is 22.8 Å². The molecule has 0 N–H and O–H groups in total. The number of halogens is 1. The normalized spacial score (nSPS) is 15.0. The Morgan fingerprint density at radius 2 is 1.48 bits per heavy atom. The van der Waals surface area contributed by atoms with E-state index in [2.05, 4.69) is 10.1 Å². The summed E-state index contributed by atoms with van der Waals surface area (Å²) in [4.78, 5) is 6.38. The van der Waals surface area contributed by atoms with Crippen LogP contribution in [0.2, 0.25) is 0 Å². The molecule has 2 heterocycles. The lowest BCUT2D eigenvalue weighted by Crippen LogP contribution is -2.49. The quantitative estimate of drug-likeness (QED) is 0.443. The van der Waals surface area contributed by atoms with Gasteiger partial charge in [-0.15, -0.1) is 0 Å². The van der Waals surface area contributed by atoms with E-state index < -0.39 is 10.0 Å². The van der Waals surface area contributed by atoms with Gasteiger partial charge in [0.1, 0.15) is 5.82 Å². The molecule has 0 radical (unpaired) electrons. The zero-order valence-electron chi connectivity index (χ0n) is 17.6. The molecule has 0 aliphatic carbocycles. The Labute approximate surface area is 191 Å². The van der Waals surface area contributed by atoms with Crippen molar-refractivity contribution in [1.29, 1.82) is 0 Å². The summed E-state index contributed by atoms with van der Waals surface area (Å²) in [6.45, 7) is 1.26. The minimum absolute atomic E-state index is 0.104. The second-order valence-electron chi connectivity index (χ2n) is 7.63. The van der Waals surface area contributed by atoms with E-state index in [4.69, 9.17) is 4.52 Å². The fourth-order valence-corrected chi connectivity index (χ4v) is 5.53. The third-order valence-electron chi connectivity index (χ3n) is 5.63. The van der Waals surface area contributed by atoms with Crippen LogP contribution >= 0.6 is 0 Å². The zero-order valence-corrected chi connectivity index (χ0v) is 18.5. The summed E-state index contributed by atoms with van der Waals surface area (Å²) >= 11 is 0. The van der Waals surface area contributed by atoms with Crippen molar-refractivity contribution in [3.8, 4) is 22.8 Å². The first-order valence-electron chi connectivity index (χ1n) is 10.5. The Balaban J connectivity index is 1.40. The number of hydrogen-bond acceptors (Lipinski definition) is 6. The van der Waals surface area contributed by atoms with Crippen LogP contribution in [-0.4, -0.2) is 49.0 Å². The topological polar surface area (TPSA) is 79.5 Å². The molecule has 0 unspecified atom stereocenters. The van der Waals surface area contributed by atoms with Crippen molar-refractivity contribution in [3.63, 3.8) is 0 Å². The van der Waals surface area contributed by atoms with Crippen LogP contribution in [0.15, 0.2) is 88.3 Å². The van der Waals surface area contributed by atoms with Crippen LogP contribution in [-0.2, 0) is 10.0 Å². The largest absolute Gasteiger partial charge is 0.367 e. The molecule has 1 fully saturated rings. The highest BCUT2D eigenvalue weighted by Crippen LogP contribution is 2.31. The van der Waals surface area contributed by atoms with E-state index in [1.165, 1.54) is 10.4 Å². The summed E-state index contributed by atoms with van der Waals surface area (Å²) in [5.74, 6) is 0.207. The number of nitrogens with zero attached hydrogens (tertiary/aromatic N) is 4. The molecule has 3 aromatic carbocycles. The lowest BCUT2D eigenvalue weighted by atomic mass is 10.2. The second kappa shape index (κ2) is 8.76. The summed E-state index contributed by atoms with van der Waals surface area (Å²) in [5, 5.41) is 4.01. The summed E-state index contributed by atoms with van der Waals surface area (Å²) in [5.41, 5.74) is 1.61. The Hall–Kier alpha value is -3.56. The zero-order chi connectivity index (χ0) is 22.8. The standard InChI is InChI=1S/C24H21FN4O3S/c25-20-11-5-6-12-21(20)28-14-16-29(17-15-28)33(30,31)22-13-7-4-10-19(22)24-26-23(27-32-24)18-8-2-1-3-9-18/h1-13H,14-17H2. The first-order valence-corrected chi connectivity index (χ1v) is 12.0. The summed E-state index contributed by atoms with van der Waals surface area (Å²) in [7, 11) is -3.83. The molecular weight excluding hydrogens is 443 g/mol. The maximum atomic E-state index is 14.1. The van der Waals surface area contributed by atoms with Crippen molar-refractivity contribution in [1.82, 2.24) is 14.4 Å². The Kier molecular flexibility index (Phi) is 5.65. The van der Waals surface area contributed by atoms with Gasteiger partial charge in [-0.3, -0.25) is 0 Å². The van der Waals surface area contributed by atoms with E-state index in [1.54, 1.807) is 42.5 Å². The molecule has 1 aliphatic heterocycles. The van der Waals surface area contributed by atoms with E-state index in [0.717, 1.165) is 5.56 Å². The summed E-state index contributed by atoms with van der Waals surface area (Å²) in [6.07, 6.45) is 0. The fraction of sp³-hybridized carbons (Fsp3) is 0.167. The van der Waals surface area contributed by atoms with Gasteiger partial charge in [-0.1, -0.05) is 59.8 Å². The molecule has 0 bridgehead atoms. The Morgan fingerprint density at radius 3 is 2.24 bits per heavy atom. The van der Waals surface area contributed by atoms with Crippen molar-refractivity contribution >= 4 is 15.7 Å². The van der Waals surface area contributed by atoms with Gasteiger partial charge in [0, 0.05) is 31.7 Å². The number of rotatable bonds is 5. The summed E-state index contributed by atoms with van der Waals surface area (Å²) < 4.78 is 48.0. The van der Waals surface area contributed by atoms with E-state index in [-0.39, 0.29) is 29.7 Å². The van der Waals surface area contributed by atoms with Crippen molar-refractivity contribution in [2.24, 2.45) is 0 Å². The van der Waals surface area contributed by atoms with Crippen LogP contribution in [0.5, 0.6) is 0 Å². The van der Waals surface area contributed by atoms with Crippen LogP contribution in [0.4, 0.5) is 10.1 Å². The molecule has 1 aromatic heterocycles. The van der Waals surface area contributed by atoms with Crippen molar-refractivity contribution < 1.29 is 17.3 Å². The van der Waals surface area contributed by atoms with Gasteiger partial charge in [-0.25, -0.2) is 12.8 Å². The van der Waals surface area contributed by atoms with E-state index >= 15 is 0 Å². The van der Waals surface area contributed by atoms with Crippen LogP contribution in [0.3, 0.4) is 0 Å². The fourth-order valence-electron chi connectivity index (χ4n) is 3.92. The molecule has 7 nitrogen and oxygen atoms in total. The molecule has 0 atom stereocenters. The Bertz CT molecular complexity index is 1370. The average molecular weight is 465 g/mol. The molecule has 0 amide bonds. The highest BCUT2D eigenvalue weighted by Gasteiger charge is 2.32. The van der Waals surface area contributed by atoms with Crippen molar-refractivity contribution in [2.45, 2.75) is 4.90 Å². The van der Waals surface area contributed by atoms with Crippen LogP contribution in [0.1, 0.15) is 0 Å². The smallest absolute Gasteiger partial charge is 0.259 e. The van der Waals surface area contributed by atoms with Crippen LogP contribution < -0.4 is 4.90 Å². The van der Waals surface area contributed by atoms with Gasteiger partial charge in [0.25, 0.3) is 5.89 Å². The number of hydrogen-bond donors (Lipinski definition) is 0. The molecule has 33 heavy (non-hydrogen) atoms. The molecule has 1 saturated heterocycles. The minimum atomic E-state index is -3.83. The predicted molar refractivity (Wildman–Crippen MR) is 123 cm³/mol. The monoisotopic (exact) mass is 464 g/mol. The molecule has 1 aliphatic rings. The minimum Gasteiger partial charge on any atom is -0.367 e. The van der Waals surface area contributed by atoms with E-state index in [9.17, 15) is 12.8 Å². The van der Waals surface area contributed by atoms with E-state index in [0.29, 0.717) is 30.2 Å². The highest BCUT2D eigenvalue weighted by atomic mass is 32.2. The molecular formula is C24H21FN4O3S. The first-order chi connectivity index (χ1) is 16.0. The molecule has 5 rings (SSSR count). The van der Waals surface area contributed by atoms with E-state index in [1.807, 2.05) is 35.2 Å². The number of para-hydroxylation sites is 1. The van der Waals surface area contributed by atoms with Gasteiger partial charge in [0.05, 0.1) is 16.1 Å². The molecule has 168 valence electrons. The predicted octanol–water partition coefficient (Wildman–Crippen LogP) is 4.05. The van der Waals surface area contributed by atoms with Gasteiger partial charge in [0.2, 0.25) is 15.8 Å². The Morgan fingerprint density at radius 1 is 0.818 bits per heavy atom. The van der Waals surface area contributed by atoms with Gasteiger partial charge < -0.3 is 9.42 Å². The van der Waals surface area contributed by atoms with Gasteiger partial charge in [-0.2, -0.15) is 9.29 Å². The number of anilines is 1. The maximum absolute atomic E-state index is 14.1. The first kappa shape index (κ1) is 21.3. The molecule has 0 saturated carbocycles. The molecule has 9 heteroatoms. The maximum Gasteiger partial charge on any atom is 0.259 e. The molecule has 0 spiro atoms.